The van der Waals surface area contributed by atoms with Gasteiger partial charge in [0.15, 0.2) is 0 Å². The molecule has 7 heteroatoms. The molecule has 2 bridgehead atoms. The summed E-state index contributed by atoms with van der Waals surface area (Å²) in [6.07, 6.45) is 7.70. The number of amides is 2. The smallest absolute Gasteiger partial charge is 0.254 e. The molecule has 1 spiro atoms. The molecule has 25 heavy (non-hydrogen) atoms. The van der Waals surface area contributed by atoms with Crippen LogP contribution in [-0.2, 0) is 9.59 Å². The van der Waals surface area contributed by atoms with E-state index in [1.54, 1.807) is 0 Å². The SMILES string of the molecule is O=C1C2C(C(=O)N1/N=C/c1cc(Br)c(O)cc1O)C1C=CC2C12CC2. The van der Waals surface area contributed by atoms with E-state index in [-0.39, 0.29) is 52.4 Å². The summed E-state index contributed by atoms with van der Waals surface area (Å²) < 4.78 is 0.389. The number of hydrogen-bond acceptors (Lipinski definition) is 5. The summed E-state index contributed by atoms with van der Waals surface area (Å²) in [5.74, 6) is -1.02. The summed E-state index contributed by atoms with van der Waals surface area (Å²) in [6.45, 7) is 0. The number of hydrogen-bond donors (Lipinski definition) is 2. The summed E-state index contributed by atoms with van der Waals surface area (Å²) in [7, 11) is 0. The van der Waals surface area contributed by atoms with Gasteiger partial charge in [-0.3, -0.25) is 9.59 Å². The second-order valence-electron chi connectivity index (χ2n) is 7.32. The second-order valence-corrected chi connectivity index (χ2v) is 8.17. The topological polar surface area (TPSA) is 90.2 Å². The van der Waals surface area contributed by atoms with Crippen molar-refractivity contribution in [1.29, 1.82) is 0 Å². The Balaban J connectivity index is 1.45. The fourth-order valence-corrected chi connectivity index (χ4v) is 5.33. The summed E-state index contributed by atoms with van der Waals surface area (Å²) in [6, 6.07) is 2.65. The molecule has 0 radical (unpaired) electrons. The second kappa shape index (κ2) is 4.72. The predicted molar refractivity (Wildman–Crippen MR) is 91.7 cm³/mol. The number of carbonyl (C=O) groups excluding carboxylic acids is 2. The Morgan fingerprint density at radius 2 is 1.68 bits per heavy atom. The van der Waals surface area contributed by atoms with Crippen molar-refractivity contribution in [3.63, 3.8) is 0 Å². The maximum atomic E-state index is 12.8. The molecule has 5 rings (SSSR count). The summed E-state index contributed by atoms with van der Waals surface area (Å²) in [4.78, 5) is 25.6. The molecule has 1 aliphatic heterocycles. The number of carbonyl (C=O) groups is 2. The van der Waals surface area contributed by atoms with Gasteiger partial charge >= 0.3 is 0 Å². The molecule has 1 saturated heterocycles. The standard InChI is InChI=1S/C18H15BrN2O4/c19-11-5-8(12(22)6-13(11)23)7-20-21-16(24)14-9-1-2-10(15(14)17(21)25)18(9)3-4-18/h1-2,5-7,9-10,14-15,22-23H,3-4H2/b20-7+. The van der Waals surface area contributed by atoms with Gasteiger partial charge in [0.05, 0.1) is 22.5 Å². The first kappa shape index (κ1) is 15.1. The van der Waals surface area contributed by atoms with Crippen molar-refractivity contribution in [2.24, 2.45) is 34.2 Å². The van der Waals surface area contributed by atoms with Gasteiger partial charge in [0.2, 0.25) is 0 Å². The zero-order valence-electron chi connectivity index (χ0n) is 13.1. The van der Waals surface area contributed by atoms with Gasteiger partial charge in [-0.05, 0) is 52.1 Å². The highest BCUT2D eigenvalue weighted by molar-refractivity contribution is 9.10. The van der Waals surface area contributed by atoms with E-state index in [1.807, 2.05) is 0 Å². The third kappa shape index (κ3) is 1.82. The number of aromatic hydroxyl groups is 2. The van der Waals surface area contributed by atoms with Gasteiger partial charge < -0.3 is 10.2 Å². The summed E-state index contributed by atoms with van der Waals surface area (Å²) >= 11 is 3.16. The molecule has 128 valence electrons. The Kier molecular flexibility index (Phi) is 2.86. The van der Waals surface area contributed by atoms with Gasteiger partial charge in [-0.2, -0.15) is 10.1 Å². The van der Waals surface area contributed by atoms with Crippen LogP contribution in [-0.4, -0.2) is 33.3 Å². The third-order valence-corrected chi connectivity index (χ3v) is 6.87. The van der Waals surface area contributed by atoms with Crippen LogP contribution in [0.5, 0.6) is 11.5 Å². The zero-order chi connectivity index (χ0) is 17.5. The normalized spacial score (nSPS) is 33.9. The van der Waals surface area contributed by atoms with Crippen molar-refractivity contribution in [2.45, 2.75) is 12.8 Å². The molecule has 2 N–H and O–H groups in total. The van der Waals surface area contributed by atoms with Crippen LogP contribution in [0, 0.1) is 29.1 Å². The molecule has 1 aromatic rings. The number of nitrogens with zero attached hydrogens (tertiary/aromatic N) is 2. The minimum absolute atomic E-state index is 0.102. The number of hydrazone groups is 1. The van der Waals surface area contributed by atoms with Crippen molar-refractivity contribution in [1.82, 2.24) is 5.01 Å². The first-order valence-corrected chi connectivity index (χ1v) is 9.05. The molecular formula is C18H15BrN2O4. The Bertz CT molecular complexity index is 855. The first-order chi connectivity index (χ1) is 11.9. The average molecular weight is 403 g/mol. The van der Waals surface area contributed by atoms with Crippen LogP contribution in [0.4, 0.5) is 0 Å². The van der Waals surface area contributed by atoms with E-state index < -0.39 is 0 Å². The van der Waals surface area contributed by atoms with Gasteiger partial charge in [-0.1, -0.05) is 12.2 Å². The van der Waals surface area contributed by atoms with E-state index in [2.05, 4.69) is 33.2 Å². The molecule has 0 aromatic heterocycles. The van der Waals surface area contributed by atoms with Crippen molar-refractivity contribution in [3.8, 4) is 11.5 Å². The summed E-state index contributed by atoms with van der Waals surface area (Å²) in [5.41, 5.74) is 0.471. The lowest BCUT2D eigenvalue weighted by atomic mass is 9.85. The third-order valence-electron chi connectivity index (χ3n) is 6.24. The maximum Gasteiger partial charge on any atom is 0.254 e. The average Bonchev–Trinajstić information content (AvgIpc) is 3.17. The highest BCUT2D eigenvalue weighted by Gasteiger charge is 2.73. The zero-order valence-corrected chi connectivity index (χ0v) is 14.7. The quantitative estimate of drug-likeness (QED) is 0.451. The van der Waals surface area contributed by atoms with E-state index in [4.69, 9.17) is 0 Å². The van der Waals surface area contributed by atoms with E-state index in [0.29, 0.717) is 10.0 Å². The van der Waals surface area contributed by atoms with Gasteiger partial charge in [0.25, 0.3) is 11.8 Å². The van der Waals surface area contributed by atoms with Crippen LogP contribution in [0.1, 0.15) is 18.4 Å². The maximum absolute atomic E-state index is 12.8. The van der Waals surface area contributed by atoms with Crippen molar-refractivity contribution in [2.75, 3.05) is 0 Å². The van der Waals surface area contributed by atoms with Gasteiger partial charge in [0, 0.05) is 11.6 Å². The number of phenolic OH excluding ortho intramolecular Hbond substituents is 2. The lowest BCUT2D eigenvalue weighted by molar-refractivity contribution is -0.141. The van der Waals surface area contributed by atoms with Crippen LogP contribution >= 0.6 is 15.9 Å². The highest BCUT2D eigenvalue weighted by atomic mass is 79.9. The van der Waals surface area contributed by atoms with Gasteiger partial charge in [0.1, 0.15) is 11.5 Å². The first-order valence-electron chi connectivity index (χ1n) is 8.26. The minimum atomic E-state index is -0.290. The molecule has 4 unspecified atom stereocenters. The predicted octanol–water partition coefficient (Wildman–Crippen LogP) is 2.39. The molecule has 3 aliphatic carbocycles. The molecule has 3 fully saturated rings. The van der Waals surface area contributed by atoms with Crippen LogP contribution in [0.15, 0.2) is 33.9 Å². The van der Waals surface area contributed by atoms with Crippen molar-refractivity contribution < 1.29 is 19.8 Å². The number of imide groups is 1. The number of benzene rings is 1. The Labute approximate surface area is 152 Å². The van der Waals surface area contributed by atoms with Crippen LogP contribution in [0.2, 0.25) is 0 Å². The summed E-state index contributed by atoms with van der Waals surface area (Å²) in [5, 5.41) is 24.4. The molecule has 4 aliphatic rings. The van der Waals surface area contributed by atoms with E-state index in [1.165, 1.54) is 18.3 Å². The molecular weight excluding hydrogens is 388 g/mol. The highest BCUT2D eigenvalue weighted by Crippen LogP contribution is 2.73. The molecule has 1 heterocycles. The largest absolute Gasteiger partial charge is 0.507 e. The number of halogens is 1. The number of allylic oxidation sites excluding steroid dienone is 2. The van der Waals surface area contributed by atoms with Crippen LogP contribution in [0.3, 0.4) is 0 Å². The molecule has 6 nitrogen and oxygen atoms in total. The van der Waals surface area contributed by atoms with Gasteiger partial charge in [-0.15, -0.1) is 0 Å². The van der Waals surface area contributed by atoms with Crippen molar-refractivity contribution in [3.05, 3.63) is 34.3 Å². The van der Waals surface area contributed by atoms with E-state index in [9.17, 15) is 19.8 Å². The number of rotatable bonds is 2. The fraction of sp³-hybridized carbons (Fsp3) is 0.389. The van der Waals surface area contributed by atoms with Crippen molar-refractivity contribution >= 4 is 34.0 Å². The number of phenols is 2. The van der Waals surface area contributed by atoms with E-state index >= 15 is 0 Å². The van der Waals surface area contributed by atoms with E-state index in [0.717, 1.165) is 17.9 Å². The molecule has 4 atom stereocenters. The Hall–Kier alpha value is -2.15. The Morgan fingerprint density at radius 1 is 1.08 bits per heavy atom. The molecule has 1 aromatic carbocycles. The number of fused-ring (bicyclic) bond motifs is 3. The monoisotopic (exact) mass is 402 g/mol. The lowest BCUT2D eigenvalue weighted by Gasteiger charge is -2.18. The van der Waals surface area contributed by atoms with Gasteiger partial charge in [-0.25, -0.2) is 0 Å². The minimum Gasteiger partial charge on any atom is -0.507 e. The van der Waals surface area contributed by atoms with Crippen LogP contribution in [0.25, 0.3) is 0 Å². The Morgan fingerprint density at radius 3 is 2.24 bits per heavy atom. The molecule has 2 amide bonds. The van der Waals surface area contributed by atoms with Crippen LogP contribution < -0.4 is 0 Å². The fourth-order valence-electron chi connectivity index (χ4n) is 4.97. The molecule has 2 saturated carbocycles. The lowest BCUT2D eigenvalue weighted by Crippen LogP contribution is -2.30.